The van der Waals surface area contributed by atoms with Gasteiger partial charge in [-0.1, -0.05) is 47.3 Å². The smallest absolute Gasteiger partial charge is 0.355 e. The summed E-state index contributed by atoms with van der Waals surface area (Å²) >= 11 is 0. The monoisotopic (exact) mass is 423 g/mol. The molecule has 2 aliphatic rings. The maximum absolute atomic E-state index is 13.1. The van der Waals surface area contributed by atoms with Crippen molar-refractivity contribution in [2.24, 2.45) is 11.8 Å². The third kappa shape index (κ3) is 4.09. The number of amides is 1. The summed E-state index contributed by atoms with van der Waals surface area (Å²) in [6, 6.07) is -0.190. The van der Waals surface area contributed by atoms with E-state index in [1.54, 1.807) is 0 Å². The van der Waals surface area contributed by atoms with E-state index < -0.39 is 20.4 Å². The van der Waals surface area contributed by atoms with Crippen LogP contribution in [0.25, 0.3) is 0 Å². The molecule has 0 aromatic rings. The highest BCUT2D eigenvalue weighted by Crippen LogP contribution is 2.50. The first-order valence-corrected chi connectivity index (χ1v) is 13.4. The fourth-order valence-corrected chi connectivity index (χ4v) is 5.59. The van der Waals surface area contributed by atoms with E-state index in [1.165, 1.54) is 11.0 Å². The van der Waals surface area contributed by atoms with E-state index in [9.17, 15) is 14.7 Å². The van der Waals surface area contributed by atoms with Gasteiger partial charge in [0.1, 0.15) is 12.3 Å². The molecule has 6 nitrogen and oxygen atoms in total. The van der Waals surface area contributed by atoms with Crippen molar-refractivity contribution < 1.29 is 23.9 Å². The Morgan fingerprint density at radius 3 is 2.45 bits per heavy atom. The van der Waals surface area contributed by atoms with E-state index in [0.717, 1.165) is 0 Å². The summed E-state index contributed by atoms with van der Waals surface area (Å²) in [5, 5.41) is 10.6. The highest BCUT2D eigenvalue weighted by atomic mass is 28.4. The van der Waals surface area contributed by atoms with Crippen molar-refractivity contribution in [1.29, 1.82) is 0 Å². The second-order valence-corrected chi connectivity index (χ2v) is 14.5. The van der Waals surface area contributed by atoms with Gasteiger partial charge in [0.25, 0.3) is 0 Å². The normalized spacial score (nSPS) is 26.7. The van der Waals surface area contributed by atoms with Gasteiger partial charge in [0, 0.05) is 5.92 Å². The van der Waals surface area contributed by atoms with Crippen LogP contribution >= 0.6 is 0 Å². The van der Waals surface area contributed by atoms with Crippen LogP contribution in [0.3, 0.4) is 0 Å². The van der Waals surface area contributed by atoms with E-state index in [0.29, 0.717) is 12.0 Å². The Morgan fingerprint density at radius 2 is 1.97 bits per heavy atom. The Bertz CT molecular complexity index is 708. The molecule has 5 atom stereocenters. The number of rotatable bonds is 8. The quantitative estimate of drug-likeness (QED) is 0.279. The second kappa shape index (κ2) is 8.36. The molecule has 0 aromatic heterocycles. The first kappa shape index (κ1) is 23.8. The van der Waals surface area contributed by atoms with Crippen LogP contribution in [0.2, 0.25) is 18.1 Å². The van der Waals surface area contributed by atoms with Gasteiger partial charge in [-0.3, -0.25) is 4.79 Å². The van der Waals surface area contributed by atoms with Gasteiger partial charge in [0.15, 0.2) is 8.32 Å². The number of carbonyl (C=O) groups excluding carboxylic acids is 2. The van der Waals surface area contributed by atoms with Gasteiger partial charge in [-0.05, 0) is 37.0 Å². The van der Waals surface area contributed by atoms with Crippen LogP contribution in [0, 0.1) is 11.8 Å². The van der Waals surface area contributed by atoms with Crippen molar-refractivity contribution in [3.8, 4) is 0 Å². The molecule has 0 saturated carbocycles. The Morgan fingerprint density at radius 1 is 1.38 bits per heavy atom. The number of esters is 1. The summed E-state index contributed by atoms with van der Waals surface area (Å²) < 4.78 is 11.7. The van der Waals surface area contributed by atoms with Gasteiger partial charge < -0.3 is 19.2 Å². The SMILES string of the molecule is C=CCOC(=O)C1=C([C@@H](O)CC)[C@H](C)C2[C@@H]([C@@H](C)O[Si](C)(C)C(C)(C)C)C(=O)N12. The molecule has 1 saturated heterocycles. The average Bonchev–Trinajstić information content (AvgIpc) is 2.86. The summed E-state index contributed by atoms with van der Waals surface area (Å²) in [6.45, 7) is 20.3. The van der Waals surface area contributed by atoms with Crippen molar-refractivity contribution in [2.75, 3.05) is 6.61 Å². The summed E-state index contributed by atoms with van der Waals surface area (Å²) in [7, 11) is -2.05. The molecule has 0 spiro atoms. The molecular formula is C22H37NO5Si. The van der Waals surface area contributed by atoms with Crippen molar-refractivity contribution in [2.45, 2.75) is 84.3 Å². The van der Waals surface area contributed by atoms with E-state index in [-0.39, 0.29) is 47.2 Å². The molecule has 2 rings (SSSR count). The van der Waals surface area contributed by atoms with Gasteiger partial charge in [-0.25, -0.2) is 4.79 Å². The molecule has 1 fully saturated rings. The minimum Gasteiger partial charge on any atom is -0.457 e. The number of aliphatic hydroxyl groups excluding tert-OH is 1. The molecule has 1 N–H and O–H groups in total. The number of nitrogens with zero attached hydrogens (tertiary/aromatic N) is 1. The highest BCUT2D eigenvalue weighted by molar-refractivity contribution is 6.74. The summed E-state index contributed by atoms with van der Waals surface area (Å²) in [5.41, 5.74) is 0.807. The number of hydrogen-bond donors (Lipinski definition) is 1. The fourth-order valence-electron chi connectivity index (χ4n) is 4.16. The Hall–Kier alpha value is -1.44. The number of hydrogen-bond acceptors (Lipinski definition) is 5. The summed E-state index contributed by atoms with van der Waals surface area (Å²) in [6.07, 6.45) is 0.913. The predicted octanol–water partition coefficient (Wildman–Crippen LogP) is 3.63. The molecule has 1 unspecified atom stereocenters. The largest absolute Gasteiger partial charge is 0.457 e. The predicted molar refractivity (Wildman–Crippen MR) is 116 cm³/mol. The number of aliphatic hydroxyl groups is 1. The van der Waals surface area contributed by atoms with E-state index >= 15 is 0 Å². The van der Waals surface area contributed by atoms with Crippen molar-refractivity contribution in [3.05, 3.63) is 23.9 Å². The molecule has 29 heavy (non-hydrogen) atoms. The number of carbonyl (C=O) groups is 2. The molecule has 1 amide bonds. The van der Waals surface area contributed by atoms with Crippen LogP contribution in [0.4, 0.5) is 0 Å². The van der Waals surface area contributed by atoms with Crippen LogP contribution in [0.1, 0.15) is 48.0 Å². The second-order valence-electron chi connectivity index (χ2n) is 9.71. The molecule has 2 aliphatic heterocycles. The molecule has 164 valence electrons. The third-order valence-electron chi connectivity index (χ3n) is 6.77. The van der Waals surface area contributed by atoms with Crippen LogP contribution < -0.4 is 0 Å². The van der Waals surface area contributed by atoms with Crippen LogP contribution in [0.5, 0.6) is 0 Å². The number of ether oxygens (including phenoxy) is 1. The minimum atomic E-state index is -2.05. The molecule has 0 aliphatic carbocycles. The molecule has 0 radical (unpaired) electrons. The summed E-state index contributed by atoms with van der Waals surface area (Å²) in [4.78, 5) is 27.4. The fraction of sp³-hybridized carbons (Fsp3) is 0.727. The maximum Gasteiger partial charge on any atom is 0.355 e. The van der Waals surface area contributed by atoms with Crippen molar-refractivity contribution in [3.63, 3.8) is 0 Å². The van der Waals surface area contributed by atoms with Gasteiger partial charge in [0.2, 0.25) is 5.91 Å². The van der Waals surface area contributed by atoms with Gasteiger partial charge in [-0.15, -0.1) is 0 Å². The summed E-state index contributed by atoms with van der Waals surface area (Å²) in [5.74, 6) is -1.17. The first-order valence-electron chi connectivity index (χ1n) is 10.5. The zero-order valence-corrected chi connectivity index (χ0v) is 20.1. The van der Waals surface area contributed by atoms with Crippen LogP contribution in [-0.4, -0.2) is 55.1 Å². The van der Waals surface area contributed by atoms with Gasteiger partial charge in [-0.2, -0.15) is 0 Å². The Balaban J connectivity index is 2.32. The minimum absolute atomic E-state index is 0.0382. The standard InChI is InChI=1S/C22H37NO5Si/c1-10-12-27-21(26)19-16(15(24)11-2)13(3)18-17(20(25)23(18)19)14(4)28-29(8,9)22(5,6)7/h10,13-15,17-18,24H,1,11-12H2,2-9H3/t13-,14+,15-,17+,18?/m0/s1. The van der Waals surface area contributed by atoms with Crippen LogP contribution in [0.15, 0.2) is 23.9 Å². The van der Waals surface area contributed by atoms with E-state index in [4.69, 9.17) is 9.16 Å². The number of β-lactam (4-membered cyclic amide) rings is 1. The van der Waals surface area contributed by atoms with Crippen LogP contribution in [-0.2, 0) is 18.8 Å². The zero-order chi connectivity index (χ0) is 22.3. The molecule has 7 heteroatoms. The average molecular weight is 424 g/mol. The maximum atomic E-state index is 13.1. The molecular weight excluding hydrogens is 386 g/mol. The molecule has 0 bridgehead atoms. The molecule has 2 heterocycles. The van der Waals surface area contributed by atoms with Gasteiger partial charge in [0.05, 0.1) is 24.2 Å². The Labute approximate surface area is 176 Å². The van der Waals surface area contributed by atoms with Gasteiger partial charge >= 0.3 is 5.97 Å². The third-order valence-corrected chi connectivity index (χ3v) is 11.3. The van der Waals surface area contributed by atoms with E-state index in [2.05, 4.69) is 40.4 Å². The highest BCUT2D eigenvalue weighted by Gasteiger charge is 2.61. The lowest BCUT2D eigenvalue weighted by Crippen LogP contribution is -2.65. The zero-order valence-electron chi connectivity index (χ0n) is 19.1. The van der Waals surface area contributed by atoms with Crippen molar-refractivity contribution >= 4 is 20.2 Å². The molecule has 0 aromatic carbocycles. The number of fused-ring (bicyclic) bond motifs is 1. The lowest BCUT2D eigenvalue weighted by atomic mass is 9.77. The van der Waals surface area contributed by atoms with Crippen molar-refractivity contribution in [1.82, 2.24) is 4.90 Å². The first-order chi connectivity index (χ1) is 13.3. The Kier molecular flexibility index (Phi) is 6.87. The van der Waals surface area contributed by atoms with E-state index in [1.807, 2.05) is 20.8 Å². The topological polar surface area (TPSA) is 76.1 Å². The lowest BCUT2D eigenvalue weighted by molar-refractivity contribution is -0.163. The lowest BCUT2D eigenvalue weighted by Gasteiger charge is -2.50.